The van der Waals surface area contributed by atoms with Gasteiger partial charge in [-0.1, -0.05) is 43.7 Å². The second kappa shape index (κ2) is 6.44. The monoisotopic (exact) mass is 338 g/mol. The lowest BCUT2D eigenvalue weighted by Crippen LogP contribution is -2.39. The second-order valence-electron chi connectivity index (χ2n) is 5.25. The summed E-state index contributed by atoms with van der Waals surface area (Å²) in [4.78, 5) is 11.8. The van der Waals surface area contributed by atoms with Crippen molar-refractivity contribution in [1.29, 1.82) is 0 Å². The SMILES string of the molecule is CCCC1(CCc2ccccc2)CC(O)=C(Br)C(=O)O1. The average Bonchev–Trinajstić information content (AvgIpc) is 2.44. The number of rotatable bonds is 5. The van der Waals surface area contributed by atoms with E-state index in [0.29, 0.717) is 6.42 Å². The Bertz CT molecular complexity index is 510. The molecule has 1 atom stereocenters. The quantitative estimate of drug-likeness (QED) is 0.815. The van der Waals surface area contributed by atoms with Crippen LogP contribution in [0.15, 0.2) is 40.6 Å². The zero-order valence-corrected chi connectivity index (χ0v) is 13.1. The Labute approximate surface area is 127 Å². The van der Waals surface area contributed by atoms with Crippen LogP contribution >= 0.6 is 15.9 Å². The molecule has 4 heteroatoms. The van der Waals surface area contributed by atoms with Gasteiger partial charge in [0.1, 0.15) is 15.8 Å². The van der Waals surface area contributed by atoms with Crippen molar-refractivity contribution in [3.63, 3.8) is 0 Å². The maximum Gasteiger partial charge on any atom is 0.349 e. The smallest absolute Gasteiger partial charge is 0.349 e. The van der Waals surface area contributed by atoms with Gasteiger partial charge in [-0.3, -0.25) is 0 Å². The molecule has 1 unspecified atom stereocenters. The van der Waals surface area contributed by atoms with Crippen LogP contribution in [0.5, 0.6) is 0 Å². The lowest BCUT2D eigenvalue weighted by molar-refractivity contribution is -0.159. The van der Waals surface area contributed by atoms with Crippen molar-refractivity contribution in [2.75, 3.05) is 0 Å². The first-order valence-corrected chi connectivity index (χ1v) is 7.70. The lowest BCUT2D eigenvalue weighted by Gasteiger charge is -2.36. The van der Waals surface area contributed by atoms with E-state index in [4.69, 9.17) is 4.74 Å². The minimum absolute atomic E-state index is 0.0998. The molecule has 0 saturated carbocycles. The highest BCUT2D eigenvalue weighted by Crippen LogP contribution is 2.37. The van der Waals surface area contributed by atoms with Crippen LogP contribution in [0, 0.1) is 0 Å². The van der Waals surface area contributed by atoms with E-state index in [1.807, 2.05) is 18.2 Å². The Morgan fingerprint density at radius 1 is 1.30 bits per heavy atom. The highest BCUT2D eigenvalue weighted by atomic mass is 79.9. The summed E-state index contributed by atoms with van der Waals surface area (Å²) in [6.45, 7) is 2.06. The lowest BCUT2D eigenvalue weighted by atomic mass is 9.85. The zero-order valence-electron chi connectivity index (χ0n) is 11.6. The van der Waals surface area contributed by atoms with Gasteiger partial charge in [0.15, 0.2) is 0 Å². The molecule has 2 rings (SSSR count). The number of aliphatic hydroxyl groups excluding tert-OH is 1. The van der Waals surface area contributed by atoms with Crippen molar-refractivity contribution in [3.8, 4) is 0 Å². The fourth-order valence-corrected chi connectivity index (χ4v) is 2.88. The number of aliphatic hydroxyl groups is 1. The number of cyclic esters (lactones) is 1. The Hall–Kier alpha value is -1.29. The Balaban J connectivity index is 2.13. The third kappa shape index (κ3) is 3.42. The van der Waals surface area contributed by atoms with Gasteiger partial charge in [0.25, 0.3) is 0 Å². The molecule has 1 aromatic carbocycles. The molecule has 108 valence electrons. The summed E-state index contributed by atoms with van der Waals surface area (Å²) in [5, 5.41) is 9.94. The Morgan fingerprint density at radius 3 is 2.60 bits per heavy atom. The van der Waals surface area contributed by atoms with Gasteiger partial charge in [-0.15, -0.1) is 0 Å². The van der Waals surface area contributed by atoms with Crippen molar-refractivity contribution >= 4 is 21.9 Å². The topological polar surface area (TPSA) is 46.5 Å². The Kier molecular flexibility index (Phi) is 4.86. The van der Waals surface area contributed by atoms with Crippen LogP contribution in [0.1, 0.15) is 38.2 Å². The number of hydrogen-bond donors (Lipinski definition) is 1. The maximum atomic E-state index is 11.8. The fourth-order valence-electron chi connectivity index (χ4n) is 2.65. The number of aryl methyl sites for hydroxylation is 1. The Morgan fingerprint density at radius 2 is 2.00 bits per heavy atom. The van der Waals surface area contributed by atoms with Gasteiger partial charge in [0.2, 0.25) is 0 Å². The highest BCUT2D eigenvalue weighted by molar-refractivity contribution is 9.12. The maximum absolute atomic E-state index is 11.8. The van der Waals surface area contributed by atoms with Crippen molar-refractivity contribution in [1.82, 2.24) is 0 Å². The van der Waals surface area contributed by atoms with Crippen LogP contribution in [-0.2, 0) is 16.0 Å². The molecule has 0 aliphatic carbocycles. The minimum atomic E-state index is -0.580. The van der Waals surface area contributed by atoms with Crippen molar-refractivity contribution in [2.45, 2.75) is 44.6 Å². The molecule has 0 fully saturated rings. The molecule has 0 radical (unpaired) electrons. The number of hydrogen-bond acceptors (Lipinski definition) is 3. The standard InChI is InChI=1S/C16H19BrO3/c1-2-9-16(10-8-12-6-4-3-5-7-12)11-13(18)14(17)15(19)20-16/h3-7,18H,2,8-11H2,1H3. The molecule has 1 heterocycles. The van der Waals surface area contributed by atoms with Gasteiger partial charge in [-0.2, -0.15) is 0 Å². The second-order valence-corrected chi connectivity index (χ2v) is 6.04. The molecule has 0 bridgehead atoms. The number of carbonyl (C=O) groups excluding carboxylic acids is 1. The first kappa shape index (κ1) is 15.1. The summed E-state index contributed by atoms with van der Waals surface area (Å²) >= 11 is 3.07. The third-order valence-electron chi connectivity index (χ3n) is 3.65. The predicted molar refractivity (Wildman–Crippen MR) is 81.7 cm³/mol. The van der Waals surface area contributed by atoms with Crippen molar-refractivity contribution in [3.05, 3.63) is 46.1 Å². The number of ether oxygens (including phenoxy) is 1. The van der Waals surface area contributed by atoms with Gasteiger partial charge in [-0.25, -0.2) is 4.79 Å². The van der Waals surface area contributed by atoms with Crippen LogP contribution in [0.3, 0.4) is 0 Å². The van der Waals surface area contributed by atoms with E-state index in [-0.39, 0.29) is 10.2 Å². The van der Waals surface area contributed by atoms with E-state index in [9.17, 15) is 9.90 Å². The fraction of sp³-hybridized carbons (Fsp3) is 0.438. The van der Waals surface area contributed by atoms with E-state index in [1.54, 1.807) is 0 Å². The molecule has 0 aromatic heterocycles. The molecule has 1 N–H and O–H groups in total. The molecule has 1 aliphatic rings. The van der Waals surface area contributed by atoms with Crippen molar-refractivity contribution in [2.24, 2.45) is 0 Å². The van der Waals surface area contributed by atoms with E-state index in [1.165, 1.54) is 5.56 Å². The summed E-state index contributed by atoms with van der Waals surface area (Å²) < 4.78 is 5.77. The number of carbonyl (C=O) groups is 1. The van der Waals surface area contributed by atoms with E-state index < -0.39 is 11.6 Å². The largest absolute Gasteiger partial charge is 0.511 e. The van der Waals surface area contributed by atoms with Crippen LogP contribution in [0.4, 0.5) is 0 Å². The minimum Gasteiger partial charge on any atom is -0.511 e. The van der Waals surface area contributed by atoms with Crippen LogP contribution in [0.2, 0.25) is 0 Å². The molecule has 1 aromatic rings. The number of esters is 1. The molecule has 0 spiro atoms. The third-order valence-corrected chi connectivity index (χ3v) is 4.43. The molecular formula is C16H19BrO3. The average molecular weight is 339 g/mol. The van der Waals surface area contributed by atoms with Crippen LogP contribution in [-0.4, -0.2) is 16.7 Å². The predicted octanol–water partition coefficient (Wildman–Crippen LogP) is 4.27. The molecule has 0 amide bonds. The van der Waals surface area contributed by atoms with Gasteiger partial charge < -0.3 is 9.84 Å². The summed E-state index contributed by atoms with van der Waals surface area (Å²) in [6, 6.07) is 10.1. The van der Waals surface area contributed by atoms with Crippen LogP contribution in [0.25, 0.3) is 0 Å². The molecule has 0 saturated heterocycles. The van der Waals surface area contributed by atoms with Gasteiger partial charge >= 0.3 is 5.97 Å². The van der Waals surface area contributed by atoms with Gasteiger partial charge in [0, 0.05) is 6.42 Å². The number of halogens is 1. The molecule has 20 heavy (non-hydrogen) atoms. The highest BCUT2D eigenvalue weighted by Gasteiger charge is 2.40. The molecular weight excluding hydrogens is 320 g/mol. The first-order chi connectivity index (χ1) is 9.56. The van der Waals surface area contributed by atoms with E-state index >= 15 is 0 Å². The summed E-state index contributed by atoms with van der Waals surface area (Å²) in [7, 11) is 0. The summed E-state index contributed by atoms with van der Waals surface area (Å²) in [5.74, 6) is -0.363. The van der Waals surface area contributed by atoms with Gasteiger partial charge in [0.05, 0.1) is 0 Å². The summed E-state index contributed by atoms with van der Waals surface area (Å²) in [6.07, 6.45) is 3.61. The van der Waals surface area contributed by atoms with E-state index in [0.717, 1.165) is 25.7 Å². The summed E-state index contributed by atoms with van der Waals surface area (Å²) in [5.41, 5.74) is 0.635. The molecule has 3 nitrogen and oxygen atoms in total. The van der Waals surface area contributed by atoms with Crippen molar-refractivity contribution < 1.29 is 14.6 Å². The first-order valence-electron chi connectivity index (χ1n) is 6.91. The normalized spacial score (nSPS) is 22.8. The number of benzene rings is 1. The zero-order chi connectivity index (χ0) is 14.6. The van der Waals surface area contributed by atoms with Crippen LogP contribution < -0.4 is 0 Å². The molecule has 1 aliphatic heterocycles. The van der Waals surface area contributed by atoms with Gasteiger partial charge in [-0.05, 0) is 40.8 Å². The van der Waals surface area contributed by atoms with E-state index in [2.05, 4.69) is 35.0 Å².